The summed E-state index contributed by atoms with van der Waals surface area (Å²) in [6, 6.07) is 8.66. The zero-order valence-electron chi connectivity index (χ0n) is 14.5. The Morgan fingerprint density at radius 3 is 2.17 bits per heavy atom. The Hall–Kier alpha value is -0.936. The average Bonchev–Trinajstić information content (AvgIpc) is 2.35. The van der Waals surface area contributed by atoms with Crippen molar-refractivity contribution in [2.75, 3.05) is 0 Å². The molecule has 0 radical (unpaired) electrons. The normalized spacial score (nSPS) is 12.1. The van der Waals surface area contributed by atoms with Crippen LogP contribution in [0.4, 0.5) is 0 Å². The van der Waals surface area contributed by atoms with Crippen LogP contribution in [0.25, 0.3) is 11.1 Å². The molecule has 0 aliphatic carbocycles. The van der Waals surface area contributed by atoms with E-state index in [4.69, 9.17) is 8.85 Å². The summed E-state index contributed by atoms with van der Waals surface area (Å²) >= 11 is 2.30. The van der Waals surface area contributed by atoms with E-state index in [0.717, 1.165) is 11.1 Å². The molecule has 2 rings (SSSR count). The number of halogens is 1. The molecule has 0 fully saturated rings. The molecule has 0 amide bonds. The van der Waals surface area contributed by atoms with Gasteiger partial charge in [0.05, 0.1) is 5.56 Å². The fourth-order valence-corrected chi connectivity index (χ4v) is 3.82. The first-order valence-electron chi connectivity index (χ1n) is 7.54. The largest absolute Gasteiger partial charge is 0.531 e. The molecule has 0 saturated carbocycles. The number of rotatable bonds is 5. The predicted molar refractivity (Wildman–Crippen MR) is 108 cm³/mol. The molecule has 1 aromatic carbocycles. The van der Waals surface area contributed by atoms with Gasteiger partial charge >= 0.3 is 6.01 Å². The molecule has 1 heterocycles. The Bertz CT molecular complexity index is 697. The Morgan fingerprint density at radius 1 is 0.957 bits per heavy atom. The molecular weight excluding hydrogens is 435 g/mol. The van der Waals surface area contributed by atoms with Gasteiger partial charge in [-0.15, -0.1) is 0 Å². The highest BCUT2D eigenvalue weighted by atomic mass is 127. The molecule has 7 heteroatoms. The first-order chi connectivity index (χ1) is 10.5. The molecule has 2 aromatic rings. The summed E-state index contributed by atoms with van der Waals surface area (Å²) < 4.78 is 13.3. The SMILES string of the molecule is C[Si](C)(C)Oc1ncc(-c2cccc(I)c2)c(O[Si](C)(C)C)n1. The highest BCUT2D eigenvalue weighted by Crippen LogP contribution is 2.32. The van der Waals surface area contributed by atoms with Gasteiger partial charge in [-0.25, -0.2) is 4.98 Å². The molecule has 0 aliphatic rings. The van der Waals surface area contributed by atoms with Crippen LogP contribution < -0.4 is 8.85 Å². The number of hydrogen-bond acceptors (Lipinski definition) is 4. The predicted octanol–water partition coefficient (Wildman–Crippen LogP) is 5.18. The van der Waals surface area contributed by atoms with Crippen molar-refractivity contribution < 1.29 is 8.85 Å². The molecule has 0 saturated heterocycles. The third kappa shape index (κ3) is 5.89. The zero-order valence-corrected chi connectivity index (χ0v) is 18.6. The summed E-state index contributed by atoms with van der Waals surface area (Å²) in [4.78, 5) is 8.96. The van der Waals surface area contributed by atoms with E-state index in [0.29, 0.717) is 11.9 Å². The summed E-state index contributed by atoms with van der Waals surface area (Å²) in [5, 5.41) is 0. The van der Waals surface area contributed by atoms with Gasteiger partial charge < -0.3 is 8.85 Å². The van der Waals surface area contributed by atoms with Gasteiger partial charge in [-0.3, -0.25) is 0 Å². The molecule has 1 aromatic heterocycles. The van der Waals surface area contributed by atoms with E-state index in [9.17, 15) is 0 Å². The maximum absolute atomic E-state index is 6.20. The van der Waals surface area contributed by atoms with Crippen LogP contribution in [0.5, 0.6) is 11.9 Å². The first kappa shape index (κ1) is 18.4. The van der Waals surface area contributed by atoms with Crippen molar-refractivity contribution in [3.8, 4) is 23.0 Å². The second-order valence-corrected chi connectivity index (χ2v) is 17.4. The van der Waals surface area contributed by atoms with Crippen molar-refractivity contribution in [1.82, 2.24) is 9.97 Å². The molecule has 0 bridgehead atoms. The van der Waals surface area contributed by atoms with Crippen LogP contribution in [-0.2, 0) is 0 Å². The lowest BCUT2D eigenvalue weighted by Crippen LogP contribution is -2.32. The minimum Gasteiger partial charge on any atom is -0.531 e. The lowest BCUT2D eigenvalue weighted by atomic mass is 10.1. The van der Waals surface area contributed by atoms with E-state index in [2.05, 4.69) is 90.0 Å². The van der Waals surface area contributed by atoms with Gasteiger partial charge in [-0.1, -0.05) is 12.1 Å². The first-order valence-corrected chi connectivity index (χ1v) is 15.4. The van der Waals surface area contributed by atoms with Crippen LogP contribution in [0, 0.1) is 3.57 Å². The van der Waals surface area contributed by atoms with Crippen molar-refractivity contribution in [2.24, 2.45) is 0 Å². The molecule has 0 N–H and O–H groups in total. The monoisotopic (exact) mass is 458 g/mol. The molecule has 0 aliphatic heterocycles. The summed E-state index contributed by atoms with van der Waals surface area (Å²) in [7, 11) is -3.55. The van der Waals surface area contributed by atoms with Crippen molar-refractivity contribution in [2.45, 2.75) is 39.3 Å². The van der Waals surface area contributed by atoms with Gasteiger partial charge in [0.15, 0.2) is 0 Å². The summed E-state index contributed by atoms with van der Waals surface area (Å²) in [6.45, 7) is 12.8. The smallest absolute Gasteiger partial charge is 0.305 e. The number of hydrogen-bond donors (Lipinski definition) is 0. The maximum Gasteiger partial charge on any atom is 0.305 e. The molecule has 4 nitrogen and oxygen atoms in total. The molecule has 124 valence electrons. The molecular formula is C16H23IN2O2Si2. The van der Waals surface area contributed by atoms with E-state index in [-0.39, 0.29) is 0 Å². The van der Waals surface area contributed by atoms with Gasteiger partial charge in [-0.2, -0.15) is 4.98 Å². The minimum absolute atomic E-state index is 0.409. The van der Waals surface area contributed by atoms with Crippen LogP contribution >= 0.6 is 22.6 Å². The number of nitrogens with zero attached hydrogens (tertiary/aromatic N) is 2. The van der Waals surface area contributed by atoms with E-state index >= 15 is 0 Å². The summed E-state index contributed by atoms with van der Waals surface area (Å²) in [5.41, 5.74) is 1.97. The Kier molecular flexibility index (Phi) is 5.52. The van der Waals surface area contributed by atoms with E-state index in [1.165, 1.54) is 3.57 Å². The summed E-state index contributed by atoms with van der Waals surface area (Å²) in [5.74, 6) is 0.620. The van der Waals surface area contributed by atoms with Gasteiger partial charge in [0.2, 0.25) is 22.5 Å². The van der Waals surface area contributed by atoms with Crippen LogP contribution in [0.15, 0.2) is 30.5 Å². The van der Waals surface area contributed by atoms with Crippen LogP contribution in [0.2, 0.25) is 39.3 Å². The second-order valence-electron chi connectivity index (χ2n) is 7.31. The third-order valence-electron chi connectivity index (χ3n) is 2.67. The van der Waals surface area contributed by atoms with Crippen molar-refractivity contribution in [1.29, 1.82) is 0 Å². The van der Waals surface area contributed by atoms with Crippen LogP contribution in [0.1, 0.15) is 0 Å². The van der Waals surface area contributed by atoms with Gasteiger partial charge in [0.1, 0.15) is 0 Å². The summed E-state index contributed by atoms with van der Waals surface area (Å²) in [6.07, 6.45) is 1.81. The second kappa shape index (κ2) is 6.90. The standard InChI is InChI=1S/C16H23IN2O2Si2/c1-22(2,3)20-15-14(12-8-7-9-13(17)10-12)11-18-16(19-15)21-23(4,5)6/h7-11H,1-6H3. The van der Waals surface area contributed by atoms with Crippen molar-refractivity contribution in [3.05, 3.63) is 34.0 Å². The van der Waals surface area contributed by atoms with E-state index in [1.54, 1.807) is 0 Å². The van der Waals surface area contributed by atoms with Crippen LogP contribution in [-0.4, -0.2) is 26.6 Å². The fourth-order valence-electron chi connectivity index (χ4n) is 1.90. The zero-order chi connectivity index (χ0) is 17.3. The lowest BCUT2D eigenvalue weighted by Gasteiger charge is -2.22. The van der Waals surface area contributed by atoms with Gasteiger partial charge in [0, 0.05) is 9.77 Å². The molecule has 0 spiro atoms. The van der Waals surface area contributed by atoms with Gasteiger partial charge in [0.25, 0.3) is 0 Å². The fraction of sp³-hybridized carbons (Fsp3) is 0.375. The highest BCUT2D eigenvalue weighted by molar-refractivity contribution is 14.1. The van der Waals surface area contributed by atoms with E-state index < -0.39 is 16.6 Å². The van der Waals surface area contributed by atoms with Crippen LogP contribution in [0.3, 0.4) is 0 Å². The molecule has 0 atom stereocenters. The Labute approximate surface area is 154 Å². The highest BCUT2D eigenvalue weighted by Gasteiger charge is 2.23. The topological polar surface area (TPSA) is 44.2 Å². The lowest BCUT2D eigenvalue weighted by molar-refractivity contribution is 0.477. The van der Waals surface area contributed by atoms with Crippen molar-refractivity contribution >= 4 is 39.2 Å². The Morgan fingerprint density at radius 2 is 1.61 bits per heavy atom. The molecule has 0 unspecified atom stereocenters. The average molecular weight is 458 g/mol. The third-order valence-corrected chi connectivity index (χ3v) is 4.94. The maximum atomic E-state index is 6.20. The minimum atomic E-state index is -1.79. The number of benzene rings is 1. The number of aromatic nitrogens is 2. The van der Waals surface area contributed by atoms with E-state index in [1.807, 2.05) is 12.3 Å². The van der Waals surface area contributed by atoms with Crippen molar-refractivity contribution in [3.63, 3.8) is 0 Å². The van der Waals surface area contributed by atoms with Gasteiger partial charge in [-0.05, 0) is 79.6 Å². The quantitative estimate of drug-likeness (QED) is 0.458. The molecule has 23 heavy (non-hydrogen) atoms. The Balaban J connectivity index is 2.48.